The number of fused-ring (bicyclic) bond motifs is 1. The molecule has 0 saturated heterocycles. The first kappa shape index (κ1) is 10.7. The number of halogens is 1. The van der Waals surface area contributed by atoms with Gasteiger partial charge in [0.15, 0.2) is 15.0 Å². The fraction of sp³-hybridized carbons (Fsp3) is 0.125. The van der Waals surface area contributed by atoms with Gasteiger partial charge in [-0.1, -0.05) is 22.9 Å². The molecule has 1 aromatic heterocycles. The molecular weight excluding hydrogens is 256 g/mol. The van der Waals surface area contributed by atoms with E-state index in [4.69, 9.17) is 17.3 Å². The lowest BCUT2D eigenvalue weighted by Gasteiger charge is -1.99. The second-order valence-corrected chi connectivity index (χ2v) is 6.56. The Kier molecular flexibility index (Phi) is 2.37. The van der Waals surface area contributed by atoms with Gasteiger partial charge in [-0.3, -0.25) is 0 Å². The summed E-state index contributed by atoms with van der Waals surface area (Å²) >= 11 is 7.12. The Bertz CT molecular complexity index is 633. The summed E-state index contributed by atoms with van der Waals surface area (Å²) in [6.07, 6.45) is 1.13. The highest BCUT2D eigenvalue weighted by Crippen LogP contribution is 2.32. The van der Waals surface area contributed by atoms with Crippen molar-refractivity contribution in [3.63, 3.8) is 0 Å². The van der Waals surface area contributed by atoms with Gasteiger partial charge in [-0.05, 0) is 12.1 Å². The highest BCUT2D eigenvalue weighted by atomic mass is 35.5. The predicted octanol–water partition coefficient (Wildman–Crippen LogP) is 1.94. The van der Waals surface area contributed by atoms with Gasteiger partial charge in [0, 0.05) is 6.26 Å². The minimum atomic E-state index is -3.25. The van der Waals surface area contributed by atoms with Crippen LogP contribution < -0.4 is 5.73 Å². The molecule has 0 saturated carbocycles. The Morgan fingerprint density at radius 3 is 2.73 bits per heavy atom. The zero-order valence-corrected chi connectivity index (χ0v) is 10.1. The van der Waals surface area contributed by atoms with Crippen molar-refractivity contribution in [2.75, 3.05) is 12.0 Å². The summed E-state index contributed by atoms with van der Waals surface area (Å²) in [5.41, 5.74) is 6.07. The summed E-state index contributed by atoms with van der Waals surface area (Å²) < 4.78 is 23.3. The highest BCUT2D eigenvalue weighted by Gasteiger charge is 2.13. The van der Waals surface area contributed by atoms with E-state index in [0.717, 1.165) is 6.26 Å². The van der Waals surface area contributed by atoms with Gasteiger partial charge in [0.25, 0.3) is 0 Å². The Morgan fingerprint density at radius 1 is 1.47 bits per heavy atom. The summed E-state index contributed by atoms with van der Waals surface area (Å²) in [4.78, 5) is 4.19. The number of hydrogen-bond donors (Lipinski definition) is 1. The van der Waals surface area contributed by atoms with E-state index in [1.807, 2.05) is 0 Å². The molecule has 4 nitrogen and oxygen atoms in total. The largest absolute Gasteiger partial charge is 0.375 e. The number of rotatable bonds is 1. The number of nitrogens with zero attached hydrogens (tertiary/aromatic N) is 1. The average molecular weight is 263 g/mol. The smallest absolute Gasteiger partial charge is 0.181 e. The van der Waals surface area contributed by atoms with Gasteiger partial charge in [0.05, 0.1) is 14.6 Å². The van der Waals surface area contributed by atoms with Crippen molar-refractivity contribution in [2.24, 2.45) is 0 Å². The molecule has 1 heterocycles. The van der Waals surface area contributed by atoms with Crippen LogP contribution in [0, 0.1) is 0 Å². The molecular formula is C8H7ClN2O2S2. The molecule has 0 aliphatic rings. The van der Waals surface area contributed by atoms with Crippen molar-refractivity contribution >= 4 is 48.1 Å². The molecule has 15 heavy (non-hydrogen) atoms. The van der Waals surface area contributed by atoms with Crippen molar-refractivity contribution in [3.8, 4) is 0 Å². The summed E-state index contributed by atoms with van der Waals surface area (Å²) in [6, 6.07) is 2.92. The lowest BCUT2D eigenvalue weighted by atomic mass is 10.3. The van der Waals surface area contributed by atoms with Gasteiger partial charge in [0.2, 0.25) is 0 Å². The monoisotopic (exact) mass is 262 g/mol. The molecule has 2 rings (SSSR count). The third-order valence-corrected chi connectivity index (χ3v) is 4.08. The number of aromatic nitrogens is 1. The Hall–Kier alpha value is -0.850. The Labute approximate surface area is 95.6 Å². The van der Waals surface area contributed by atoms with Crippen molar-refractivity contribution in [1.29, 1.82) is 0 Å². The molecule has 0 fully saturated rings. The van der Waals surface area contributed by atoms with Gasteiger partial charge in [-0.25, -0.2) is 13.4 Å². The zero-order valence-electron chi connectivity index (χ0n) is 7.69. The summed E-state index contributed by atoms with van der Waals surface area (Å²) in [5.74, 6) is 0. The highest BCUT2D eigenvalue weighted by molar-refractivity contribution is 7.90. The van der Waals surface area contributed by atoms with Crippen molar-refractivity contribution in [1.82, 2.24) is 4.98 Å². The quantitative estimate of drug-likeness (QED) is 0.852. The fourth-order valence-corrected chi connectivity index (χ4v) is 3.12. The number of anilines is 1. The van der Waals surface area contributed by atoms with Gasteiger partial charge < -0.3 is 5.73 Å². The maximum atomic E-state index is 11.3. The first-order valence-corrected chi connectivity index (χ1v) is 7.02. The molecule has 0 bridgehead atoms. The molecule has 2 aromatic rings. The summed E-state index contributed by atoms with van der Waals surface area (Å²) in [7, 11) is -3.25. The molecule has 1 aromatic carbocycles. The Morgan fingerprint density at radius 2 is 2.13 bits per heavy atom. The van der Waals surface area contributed by atoms with Crippen LogP contribution in [0.15, 0.2) is 17.0 Å². The first-order valence-electron chi connectivity index (χ1n) is 3.93. The maximum Gasteiger partial charge on any atom is 0.181 e. The van der Waals surface area contributed by atoms with Crippen molar-refractivity contribution in [3.05, 3.63) is 17.2 Å². The van der Waals surface area contributed by atoms with E-state index < -0.39 is 9.84 Å². The average Bonchev–Trinajstić information content (AvgIpc) is 2.44. The first-order chi connectivity index (χ1) is 6.88. The number of nitrogen functional groups attached to an aromatic ring is 1. The van der Waals surface area contributed by atoms with Crippen molar-refractivity contribution < 1.29 is 8.42 Å². The van der Waals surface area contributed by atoms with Gasteiger partial charge in [0.1, 0.15) is 5.52 Å². The number of hydrogen-bond acceptors (Lipinski definition) is 5. The molecule has 0 aliphatic heterocycles. The second-order valence-electron chi connectivity index (χ2n) is 3.08. The van der Waals surface area contributed by atoms with E-state index in [1.54, 1.807) is 0 Å². The molecule has 0 amide bonds. The lowest BCUT2D eigenvalue weighted by molar-refractivity contribution is 0.602. The molecule has 7 heteroatoms. The molecule has 0 aliphatic carbocycles. The standard InChI is InChI=1S/C8H7ClN2O2S2/c1-15(12,13)4-2-5(9)7-6(3-4)14-8(10)11-7/h2-3H,1H3,(H2,10,11). The third kappa shape index (κ3) is 1.92. The normalized spacial score (nSPS) is 12.1. The lowest BCUT2D eigenvalue weighted by Crippen LogP contribution is -1.96. The summed E-state index contributed by atoms with van der Waals surface area (Å²) in [6.45, 7) is 0. The van der Waals surface area contributed by atoms with E-state index in [1.165, 1.54) is 23.5 Å². The van der Waals surface area contributed by atoms with Gasteiger partial charge in [-0.15, -0.1) is 0 Å². The van der Waals surface area contributed by atoms with Crippen LogP contribution in [0.5, 0.6) is 0 Å². The van der Waals surface area contributed by atoms with Gasteiger partial charge in [-0.2, -0.15) is 0 Å². The zero-order chi connectivity index (χ0) is 11.2. The van der Waals surface area contributed by atoms with E-state index >= 15 is 0 Å². The number of sulfone groups is 1. The van der Waals surface area contributed by atoms with Crippen LogP contribution >= 0.6 is 22.9 Å². The number of thiazole rings is 1. The molecule has 0 unspecified atom stereocenters. The minimum Gasteiger partial charge on any atom is -0.375 e. The molecule has 0 spiro atoms. The molecule has 80 valence electrons. The van der Waals surface area contributed by atoms with Crippen LogP contribution in [0.3, 0.4) is 0 Å². The van der Waals surface area contributed by atoms with Crippen LogP contribution in [0.4, 0.5) is 5.13 Å². The number of nitrogens with two attached hydrogens (primary N) is 1. The fourth-order valence-electron chi connectivity index (χ4n) is 1.20. The molecule has 2 N–H and O–H groups in total. The Balaban J connectivity index is 2.84. The van der Waals surface area contributed by atoms with E-state index in [-0.39, 0.29) is 4.90 Å². The van der Waals surface area contributed by atoms with E-state index in [2.05, 4.69) is 4.98 Å². The van der Waals surface area contributed by atoms with Crippen LogP contribution in [-0.4, -0.2) is 19.7 Å². The maximum absolute atomic E-state index is 11.3. The third-order valence-electron chi connectivity index (χ3n) is 1.87. The van der Waals surface area contributed by atoms with E-state index in [0.29, 0.717) is 20.4 Å². The van der Waals surface area contributed by atoms with Crippen molar-refractivity contribution in [2.45, 2.75) is 4.90 Å². The molecule has 0 radical (unpaired) electrons. The van der Waals surface area contributed by atoms with Crippen LogP contribution in [0.1, 0.15) is 0 Å². The minimum absolute atomic E-state index is 0.184. The topological polar surface area (TPSA) is 73.0 Å². The SMILES string of the molecule is CS(=O)(=O)c1cc(Cl)c2nc(N)sc2c1. The van der Waals surface area contributed by atoms with Gasteiger partial charge >= 0.3 is 0 Å². The predicted molar refractivity (Wildman–Crippen MR) is 62.2 cm³/mol. The number of benzene rings is 1. The molecule has 0 atom stereocenters. The second kappa shape index (κ2) is 3.33. The van der Waals surface area contributed by atoms with Crippen LogP contribution in [-0.2, 0) is 9.84 Å². The van der Waals surface area contributed by atoms with Crippen LogP contribution in [0.25, 0.3) is 10.2 Å². The van der Waals surface area contributed by atoms with Crippen LogP contribution in [0.2, 0.25) is 5.02 Å². The van der Waals surface area contributed by atoms with E-state index in [9.17, 15) is 8.42 Å². The summed E-state index contributed by atoms with van der Waals surface area (Å²) in [5, 5.41) is 0.679.